The Kier molecular flexibility index (Phi) is 4.38. The van der Waals surface area contributed by atoms with Crippen LogP contribution in [0.5, 0.6) is 5.75 Å². The molecule has 0 spiro atoms. The van der Waals surface area contributed by atoms with Crippen molar-refractivity contribution < 1.29 is 13.7 Å². The summed E-state index contributed by atoms with van der Waals surface area (Å²) in [4.78, 5) is 0. The molecule has 0 saturated heterocycles. The molecule has 0 unspecified atom stereocenters. The summed E-state index contributed by atoms with van der Waals surface area (Å²) in [6.45, 7) is 7.54. The van der Waals surface area contributed by atoms with E-state index in [1.54, 1.807) is 0 Å². The van der Waals surface area contributed by atoms with Gasteiger partial charge in [0.05, 0.1) is 12.2 Å². The van der Waals surface area contributed by atoms with Gasteiger partial charge in [0, 0.05) is 34.0 Å². The van der Waals surface area contributed by atoms with E-state index >= 15 is 0 Å². The molecule has 0 saturated carbocycles. The number of aryl methyl sites for hydroxylation is 2. The minimum atomic E-state index is 0.0396. The van der Waals surface area contributed by atoms with Crippen LogP contribution in [0.15, 0.2) is 77.3 Å². The van der Waals surface area contributed by atoms with Gasteiger partial charge in [-0.25, -0.2) is 4.57 Å². The normalized spacial score (nSPS) is 14.9. The minimum absolute atomic E-state index is 0.0396. The molecule has 0 aliphatic carbocycles. The number of benzene rings is 3. The van der Waals surface area contributed by atoms with E-state index in [0.29, 0.717) is 0 Å². The van der Waals surface area contributed by atoms with E-state index < -0.39 is 0 Å². The Morgan fingerprint density at radius 2 is 1.61 bits per heavy atom. The summed E-state index contributed by atoms with van der Waals surface area (Å²) in [5, 5.41) is 2.30. The van der Waals surface area contributed by atoms with Gasteiger partial charge in [-0.1, -0.05) is 56.3 Å². The number of furan rings is 1. The largest absolute Gasteiger partial charge is 0.493 e. The maximum atomic E-state index is 6.76. The molecule has 0 N–H and O–H groups in total. The van der Waals surface area contributed by atoms with Crippen molar-refractivity contribution in [3.8, 4) is 28.1 Å². The number of hydrogen-bond acceptors (Lipinski definition) is 2. The van der Waals surface area contributed by atoms with E-state index in [2.05, 4.69) is 105 Å². The van der Waals surface area contributed by atoms with E-state index in [-0.39, 0.29) is 5.41 Å². The molecule has 6 rings (SSSR count). The topological polar surface area (TPSA) is 26.2 Å². The molecule has 164 valence electrons. The molecule has 3 heterocycles. The lowest BCUT2D eigenvalue weighted by Crippen LogP contribution is -2.30. The minimum Gasteiger partial charge on any atom is -0.493 e. The average molecular weight is 435 g/mol. The lowest BCUT2D eigenvalue weighted by atomic mass is 9.76. The second-order valence-electron chi connectivity index (χ2n) is 9.78. The molecular formula is C30H28NO2+. The average Bonchev–Trinajstić information content (AvgIpc) is 3.18. The van der Waals surface area contributed by atoms with Gasteiger partial charge in [0.15, 0.2) is 6.20 Å². The van der Waals surface area contributed by atoms with Crippen LogP contribution in [0.2, 0.25) is 0 Å². The summed E-state index contributed by atoms with van der Waals surface area (Å²) in [5.74, 6) is 0.990. The fourth-order valence-corrected chi connectivity index (χ4v) is 5.39. The highest BCUT2D eigenvalue weighted by Gasteiger charge is 2.32. The third-order valence-corrected chi connectivity index (χ3v) is 7.16. The van der Waals surface area contributed by atoms with Crippen LogP contribution in [0.3, 0.4) is 0 Å². The Labute approximate surface area is 194 Å². The van der Waals surface area contributed by atoms with Crippen LogP contribution < -0.4 is 9.30 Å². The first kappa shape index (κ1) is 20.0. The van der Waals surface area contributed by atoms with Crippen LogP contribution in [0.25, 0.3) is 44.3 Å². The number of ether oxygens (including phenoxy) is 1. The van der Waals surface area contributed by atoms with Crippen LogP contribution in [0.1, 0.15) is 31.4 Å². The van der Waals surface area contributed by atoms with Gasteiger partial charge in [-0.05, 0) is 42.0 Å². The van der Waals surface area contributed by atoms with Gasteiger partial charge in [0.2, 0.25) is 5.69 Å². The Morgan fingerprint density at radius 1 is 0.818 bits per heavy atom. The van der Waals surface area contributed by atoms with Crippen LogP contribution >= 0.6 is 0 Å². The maximum absolute atomic E-state index is 6.76. The van der Waals surface area contributed by atoms with Crippen molar-refractivity contribution in [2.75, 3.05) is 6.61 Å². The van der Waals surface area contributed by atoms with E-state index in [9.17, 15) is 0 Å². The first-order chi connectivity index (χ1) is 16.0. The smallest absolute Gasteiger partial charge is 0.216 e. The lowest BCUT2D eigenvalue weighted by Gasteiger charge is -2.34. The van der Waals surface area contributed by atoms with Gasteiger partial charge in [0.25, 0.3) is 0 Å². The fraction of sp³-hybridized carbons (Fsp3) is 0.233. The van der Waals surface area contributed by atoms with Crippen LogP contribution in [0, 0.1) is 6.92 Å². The zero-order chi connectivity index (χ0) is 22.7. The molecule has 0 amide bonds. The molecule has 5 aromatic rings. The number of rotatable bonds is 2. The highest BCUT2D eigenvalue weighted by Crippen LogP contribution is 2.47. The molecule has 33 heavy (non-hydrogen) atoms. The number of pyridine rings is 1. The highest BCUT2D eigenvalue weighted by atomic mass is 16.5. The fourth-order valence-electron chi connectivity index (χ4n) is 5.39. The maximum Gasteiger partial charge on any atom is 0.216 e. The van der Waals surface area contributed by atoms with Crippen molar-refractivity contribution in [1.82, 2.24) is 0 Å². The van der Waals surface area contributed by atoms with Gasteiger partial charge in [-0.2, -0.15) is 0 Å². The van der Waals surface area contributed by atoms with Crippen molar-refractivity contribution >= 4 is 21.9 Å². The SMILES string of the molecule is Cc1ccc2c(oc3c(-c4cccc5c4C(C)(C)CCO5)cccc32)c1-c1cccc[n+]1C. The molecule has 3 aromatic carbocycles. The van der Waals surface area contributed by atoms with Crippen molar-refractivity contribution in [3.63, 3.8) is 0 Å². The van der Waals surface area contributed by atoms with E-state index in [0.717, 1.165) is 57.5 Å². The van der Waals surface area contributed by atoms with Crippen molar-refractivity contribution in [2.45, 2.75) is 32.6 Å². The van der Waals surface area contributed by atoms with E-state index in [1.165, 1.54) is 16.7 Å². The lowest BCUT2D eigenvalue weighted by molar-refractivity contribution is -0.660. The Balaban J connectivity index is 1.69. The van der Waals surface area contributed by atoms with Crippen LogP contribution in [-0.4, -0.2) is 6.61 Å². The van der Waals surface area contributed by atoms with Gasteiger partial charge >= 0.3 is 0 Å². The molecular weight excluding hydrogens is 406 g/mol. The molecule has 1 aliphatic heterocycles. The number of hydrogen-bond donors (Lipinski definition) is 0. The summed E-state index contributed by atoms with van der Waals surface area (Å²) in [6, 6.07) is 23.6. The van der Waals surface area contributed by atoms with Crippen LogP contribution in [0.4, 0.5) is 0 Å². The second kappa shape index (κ2) is 7.21. The van der Waals surface area contributed by atoms with Crippen molar-refractivity contribution in [3.05, 3.63) is 84.1 Å². The van der Waals surface area contributed by atoms with Gasteiger partial charge in [-0.3, -0.25) is 0 Å². The summed E-state index contributed by atoms with van der Waals surface area (Å²) < 4.78 is 15.0. The highest BCUT2D eigenvalue weighted by molar-refractivity contribution is 6.13. The van der Waals surface area contributed by atoms with Crippen LogP contribution in [-0.2, 0) is 12.5 Å². The summed E-state index contributed by atoms with van der Waals surface area (Å²) in [7, 11) is 2.08. The predicted molar refractivity (Wildman–Crippen MR) is 134 cm³/mol. The quantitative estimate of drug-likeness (QED) is 0.277. The number of aromatic nitrogens is 1. The summed E-state index contributed by atoms with van der Waals surface area (Å²) in [5.41, 5.74) is 9.02. The van der Waals surface area contributed by atoms with Crippen molar-refractivity contribution in [1.29, 1.82) is 0 Å². The Bertz CT molecular complexity index is 1540. The first-order valence-electron chi connectivity index (χ1n) is 11.6. The molecule has 1 aliphatic rings. The predicted octanol–water partition coefficient (Wildman–Crippen LogP) is 7.11. The number of nitrogens with zero attached hydrogens (tertiary/aromatic N) is 1. The third kappa shape index (κ3) is 2.99. The molecule has 0 fully saturated rings. The zero-order valence-corrected chi connectivity index (χ0v) is 19.6. The number of para-hydroxylation sites is 1. The Hall–Kier alpha value is -3.59. The molecule has 3 nitrogen and oxygen atoms in total. The van der Waals surface area contributed by atoms with E-state index in [4.69, 9.17) is 9.15 Å². The van der Waals surface area contributed by atoms with Gasteiger partial charge in [-0.15, -0.1) is 0 Å². The standard InChI is InChI=1S/C30H28NO2/c1-19-14-15-23-22-11-7-10-21(20-9-8-13-25-27(20)30(2,3)16-18-32-25)28(22)33-29(23)26(19)24-12-5-6-17-31(24)4/h5-15,17H,16,18H2,1-4H3/q+1. The molecule has 0 radical (unpaired) electrons. The summed E-state index contributed by atoms with van der Waals surface area (Å²) in [6.07, 6.45) is 3.08. The molecule has 0 atom stereocenters. The Morgan fingerprint density at radius 3 is 2.45 bits per heavy atom. The molecule has 3 heteroatoms. The third-order valence-electron chi connectivity index (χ3n) is 7.16. The summed E-state index contributed by atoms with van der Waals surface area (Å²) >= 11 is 0. The zero-order valence-electron chi connectivity index (χ0n) is 19.6. The molecule has 2 aromatic heterocycles. The first-order valence-corrected chi connectivity index (χ1v) is 11.6. The van der Waals surface area contributed by atoms with Crippen molar-refractivity contribution in [2.24, 2.45) is 7.05 Å². The van der Waals surface area contributed by atoms with Gasteiger partial charge < -0.3 is 9.15 Å². The van der Waals surface area contributed by atoms with E-state index in [1.807, 2.05) is 0 Å². The second-order valence-corrected chi connectivity index (χ2v) is 9.78. The number of fused-ring (bicyclic) bond motifs is 4. The monoisotopic (exact) mass is 434 g/mol. The molecule has 0 bridgehead atoms. The van der Waals surface area contributed by atoms with Gasteiger partial charge in [0.1, 0.15) is 24.0 Å².